The molecule has 2 aromatic rings. The number of para-hydroxylation sites is 1. The van der Waals surface area contributed by atoms with E-state index in [1.165, 1.54) is 11.8 Å². The number of carboxylic acid groups (broad SMARTS) is 1. The maximum absolute atomic E-state index is 12.3. The molecule has 2 N–H and O–H groups in total. The number of hydrogen-bond donors (Lipinski definition) is 2. The van der Waals surface area contributed by atoms with Gasteiger partial charge in [-0.05, 0) is 25.5 Å². The number of aromatic nitrogens is 2. The molecule has 2 atom stereocenters. The van der Waals surface area contributed by atoms with Gasteiger partial charge in [-0.2, -0.15) is 11.8 Å². The molecule has 0 spiro atoms. The molecule has 8 heteroatoms. The van der Waals surface area contributed by atoms with Crippen LogP contribution in [0.25, 0.3) is 10.9 Å². The van der Waals surface area contributed by atoms with Gasteiger partial charge in [0, 0.05) is 24.8 Å². The number of fused-ring (bicyclic) bond motifs is 1. The van der Waals surface area contributed by atoms with E-state index in [2.05, 4.69) is 9.97 Å². The molecule has 1 aromatic carbocycles. The Morgan fingerprint density at radius 2 is 2.15 bits per heavy atom. The average molecular weight is 375 g/mol. The Labute approximate surface area is 154 Å². The van der Waals surface area contributed by atoms with Gasteiger partial charge in [0.05, 0.1) is 22.6 Å². The van der Waals surface area contributed by atoms with Crippen molar-refractivity contribution in [2.45, 2.75) is 31.6 Å². The summed E-state index contributed by atoms with van der Waals surface area (Å²) >= 11 is 1.52. The highest BCUT2D eigenvalue weighted by Crippen LogP contribution is 2.25. The molecule has 26 heavy (non-hydrogen) atoms. The second-order valence-electron chi connectivity index (χ2n) is 6.39. The summed E-state index contributed by atoms with van der Waals surface area (Å²) in [5, 5.41) is 9.71. The Morgan fingerprint density at radius 1 is 1.38 bits per heavy atom. The Kier molecular flexibility index (Phi) is 5.61. The summed E-state index contributed by atoms with van der Waals surface area (Å²) in [6.45, 7) is 2.29. The maximum Gasteiger partial charge on any atom is 0.308 e. The number of carbonyl (C=O) groups is 2. The number of thioether (sulfide) groups is 1. The van der Waals surface area contributed by atoms with Gasteiger partial charge in [0.15, 0.2) is 0 Å². The fraction of sp³-hybridized carbons (Fsp3) is 0.444. The highest BCUT2D eigenvalue weighted by molar-refractivity contribution is 7.98. The first-order valence-electron chi connectivity index (χ1n) is 8.55. The number of amides is 1. The molecule has 138 valence electrons. The molecule has 7 nitrogen and oxygen atoms in total. The van der Waals surface area contributed by atoms with Crippen LogP contribution >= 0.6 is 11.8 Å². The number of carbonyl (C=O) groups excluding carboxylic acids is 1. The van der Waals surface area contributed by atoms with Gasteiger partial charge in [0.2, 0.25) is 5.91 Å². The normalized spacial score (nSPS) is 19.8. The molecule has 0 saturated carbocycles. The average Bonchev–Trinajstić information content (AvgIpc) is 3.00. The van der Waals surface area contributed by atoms with E-state index in [9.17, 15) is 14.4 Å². The number of likely N-dealkylation sites (tertiary alicyclic amines) is 1. The van der Waals surface area contributed by atoms with Gasteiger partial charge in [-0.25, -0.2) is 4.98 Å². The number of aromatic amines is 1. The topological polar surface area (TPSA) is 103 Å². The molecule has 1 saturated heterocycles. The summed E-state index contributed by atoms with van der Waals surface area (Å²) in [5.41, 5.74) is 0.501. The second kappa shape index (κ2) is 7.90. The Balaban J connectivity index is 1.51. The zero-order valence-electron chi connectivity index (χ0n) is 14.5. The van der Waals surface area contributed by atoms with E-state index < -0.39 is 11.9 Å². The summed E-state index contributed by atoms with van der Waals surface area (Å²) in [6, 6.07) is 6.91. The monoisotopic (exact) mass is 375 g/mol. The molecule has 1 aliphatic heterocycles. The zero-order chi connectivity index (χ0) is 18.7. The summed E-state index contributed by atoms with van der Waals surface area (Å²) in [7, 11) is 0. The van der Waals surface area contributed by atoms with Crippen LogP contribution in [0.2, 0.25) is 0 Å². The van der Waals surface area contributed by atoms with Crippen LogP contribution in [0.15, 0.2) is 29.1 Å². The van der Waals surface area contributed by atoms with Crippen LogP contribution < -0.4 is 5.56 Å². The van der Waals surface area contributed by atoms with E-state index in [1.807, 2.05) is 6.07 Å². The van der Waals surface area contributed by atoms with Gasteiger partial charge < -0.3 is 15.0 Å². The molecule has 0 bridgehead atoms. The van der Waals surface area contributed by atoms with E-state index >= 15 is 0 Å². The van der Waals surface area contributed by atoms with E-state index in [0.717, 1.165) is 0 Å². The molecule has 0 radical (unpaired) electrons. The van der Waals surface area contributed by atoms with Gasteiger partial charge >= 0.3 is 5.97 Å². The number of carboxylic acids is 1. The van der Waals surface area contributed by atoms with Crippen LogP contribution in [0.4, 0.5) is 0 Å². The molecule has 1 aliphatic rings. The first-order valence-corrected chi connectivity index (χ1v) is 9.71. The smallest absolute Gasteiger partial charge is 0.308 e. The molecule has 2 unspecified atom stereocenters. The number of hydrogen-bond acceptors (Lipinski definition) is 5. The summed E-state index contributed by atoms with van der Waals surface area (Å²) in [6.07, 6.45) is 0.858. The lowest BCUT2D eigenvalue weighted by atomic mass is 10.0. The predicted octanol–water partition coefficient (Wildman–Crippen LogP) is 1.87. The van der Waals surface area contributed by atoms with Gasteiger partial charge in [0.1, 0.15) is 5.82 Å². The van der Waals surface area contributed by atoms with E-state index in [0.29, 0.717) is 47.6 Å². The summed E-state index contributed by atoms with van der Waals surface area (Å²) in [5.74, 6) is 0.365. The third-order valence-corrected chi connectivity index (χ3v) is 5.72. The minimum atomic E-state index is -0.839. The van der Waals surface area contributed by atoms with Crippen LogP contribution in [0, 0.1) is 5.92 Å². The molecular weight excluding hydrogens is 354 g/mol. The highest BCUT2D eigenvalue weighted by atomic mass is 32.2. The van der Waals surface area contributed by atoms with Crippen molar-refractivity contribution in [2.24, 2.45) is 5.92 Å². The number of H-pyrrole nitrogens is 1. The van der Waals surface area contributed by atoms with E-state index in [4.69, 9.17) is 5.11 Å². The Morgan fingerprint density at radius 3 is 2.88 bits per heavy atom. The van der Waals surface area contributed by atoms with Crippen molar-refractivity contribution in [1.82, 2.24) is 14.9 Å². The third-order valence-electron chi connectivity index (χ3n) is 4.75. The number of benzene rings is 1. The van der Waals surface area contributed by atoms with Crippen LogP contribution in [-0.4, -0.2) is 50.2 Å². The van der Waals surface area contributed by atoms with E-state index in [-0.39, 0.29) is 17.5 Å². The SMILES string of the molecule is CC1C(C(=O)O)CCN1C(=O)CCSCc1nc2ccccc2c(=O)[nH]1. The lowest BCUT2D eigenvalue weighted by Gasteiger charge is -2.23. The van der Waals surface area contributed by atoms with Crippen molar-refractivity contribution in [3.63, 3.8) is 0 Å². The molecular formula is C18H21N3O4S. The van der Waals surface area contributed by atoms with E-state index in [1.54, 1.807) is 30.0 Å². The maximum atomic E-state index is 12.3. The number of nitrogens with one attached hydrogen (secondary N) is 1. The van der Waals surface area contributed by atoms with Crippen LogP contribution in [0.3, 0.4) is 0 Å². The van der Waals surface area contributed by atoms with Crippen molar-refractivity contribution < 1.29 is 14.7 Å². The van der Waals surface area contributed by atoms with Crippen molar-refractivity contribution in [3.05, 3.63) is 40.4 Å². The predicted molar refractivity (Wildman–Crippen MR) is 100 cm³/mol. The lowest BCUT2D eigenvalue weighted by molar-refractivity contribution is -0.143. The summed E-state index contributed by atoms with van der Waals surface area (Å²) in [4.78, 5) is 44.3. The highest BCUT2D eigenvalue weighted by Gasteiger charge is 2.37. The lowest BCUT2D eigenvalue weighted by Crippen LogP contribution is -2.37. The van der Waals surface area contributed by atoms with Gasteiger partial charge in [-0.3, -0.25) is 14.4 Å². The molecule has 1 amide bonds. The number of nitrogens with zero attached hydrogens (tertiary/aromatic N) is 2. The number of rotatable bonds is 6. The molecule has 0 aliphatic carbocycles. The standard InChI is InChI=1S/C18H21N3O4S/c1-11-12(18(24)25)6-8-21(11)16(22)7-9-26-10-15-19-14-5-3-2-4-13(14)17(23)20-15/h2-5,11-12H,6-10H2,1H3,(H,24,25)(H,19,20,23). The Bertz CT molecular complexity index is 882. The van der Waals surface area contributed by atoms with Crippen molar-refractivity contribution >= 4 is 34.5 Å². The quantitative estimate of drug-likeness (QED) is 0.747. The van der Waals surface area contributed by atoms with Crippen molar-refractivity contribution in [3.8, 4) is 0 Å². The first-order chi connectivity index (χ1) is 12.5. The van der Waals surface area contributed by atoms with Crippen LogP contribution in [0.5, 0.6) is 0 Å². The fourth-order valence-electron chi connectivity index (χ4n) is 3.30. The van der Waals surface area contributed by atoms with Crippen LogP contribution in [0.1, 0.15) is 25.6 Å². The van der Waals surface area contributed by atoms with Crippen molar-refractivity contribution in [1.29, 1.82) is 0 Å². The number of aliphatic carboxylic acids is 1. The molecule has 1 fully saturated rings. The molecule has 3 rings (SSSR count). The minimum Gasteiger partial charge on any atom is -0.481 e. The van der Waals surface area contributed by atoms with Gasteiger partial charge in [0.25, 0.3) is 5.56 Å². The van der Waals surface area contributed by atoms with Crippen molar-refractivity contribution in [2.75, 3.05) is 12.3 Å². The first kappa shape index (κ1) is 18.4. The fourth-order valence-corrected chi connectivity index (χ4v) is 4.09. The summed E-state index contributed by atoms with van der Waals surface area (Å²) < 4.78 is 0. The molecule has 1 aromatic heterocycles. The van der Waals surface area contributed by atoms with Crippen LogP contribution in [-0.2, 0) is 15.3 Å². The van der Waals surface area contributed by atoms with Gasteiger partial charge in [-0.1, -0.05) is 12.1 Å². The third kappa shape index (κ3) is 3.90. The van der Waals surface area contributed by atoms with Gasteiger partial charge in [-0.15, -0.1) is 0 Å². The largest absolute Gasteiger partial charge is 0.481 e. The Hall–Kier alpha value is -2.35. The second-order valence-corrected chi connectivity index (χ2v) is 7.50. The zero-order valence-corrected chi connectivity index (χ0v) is 15.3. The minimum absolute atomic E-state index is 0.0197. The molecule has 2 heterocycles.